The van der Waals surface area contributed by atoms with E-state index in [-0.39, 0.29) is 0 Å². The van der Waals surface area contributed by atoms with E-state index >= 15 is 0 Å². The van der Waals surface area contributed by atoms with Gasteiger partial charge in [0.05, 0.1) is 12.2 Å². The molecule has 104 valence electrons. The van der Waals surface area contributed by atoms with Gasteiger partial charge in [0.25, 0.3) is 0 Å². The number of hydrogen-bond acceptors (Lipinski definition) is 2. The van der Waals surface area contributed by atoms with Crippen LogP contribution >= 0.6 is 0 Å². The molecule has 1 aromatic carbocycles. The molecule has 0 aromatic heterocycles. The van der Waals surface area contributed by atoms with Gasteiger partial charge >= 0.3 is 0 Å². The Morgan fingerprint density at radius 2 is 2.05 bits per heavy atom. The third-order valence-electron chi connectivity index (χ3n) is 4.78. The second-order valence-corrected chi connectivity index (χ2v) is 7.14. The molecular formula is C17H24O2. The second-order valence-electron chi connectivity index (χ2n) is 7.14. The molecule has 0 amide bonds. The summed E-state index contributed by atoms with van der Waals surface area (Å²) in [5, 5.41) is 10.9. The molecule has 1 N–H and O–H groups in total. The molecule has 1 heterocycles. The Labute approximate surface area is 115 Å². The lowest BCUT2D eigenvalue weighted by molar-refractivity contribution is 0.0181. The van der Waals surface area contributed by atoms with Crippen molar-refractivity contribution in [2.75, 3.05) is 6.61 Å². The Kier molecular flexibility index (Phi) is 3.09. The van der Waals surface area contributed by atoms with Crippen LogP contribution in [0.25, 0.3) is 0 Å². The monoisotopic (exact) mass is 260 g/mol. The Hall–Kier alpha value is -1.02. The molecule has 19 heavy (non-hydrogen) atoms. The largest absolute Gasteiger partial charge is 0.493 e. The maximum atomic E-state index is 10.9. The van der Waals surface area contributed by atoms with Crippen LogP contribution < -0.4 is 4.74 Å². The molecule has 2 aliphatic rings. The van der Waals surface area contributed by atoms with Crippen LogP contribution in [0.15, 0.2) is 24.3 Å². The van der Waals surface area contributed by atoms with Crippen LogP contribution in [0.3, 0.4) is 0 Å². The summed E-state index contributed by atoms with van der Waals surface area (Å²) in [6.07, 6.45) is 4.92. The summed E-state index contributed by atoms with van der Waals surface area (Å²) in [6, 6.07) is 8.30. The first kappa shape index (κ1) is 13.0. The first-order valence-electron chi connectivity index (χ1n) is 7.42. The lowest BCUT2D eigenvalue weighted by Gasteiger charge is -2.33. The second kappa shape index (κ2) is 4.52. The Bertz CT molecular complexity index is 466. The predicted molar refractivity (Wildman–Crippen MR) is 76.5 cm³/mol. The maximum Gasteiger partial charge on any atom is 0.122 e. The average Bonchev–Trinajstić information content (AvgIpc) is 2.64. The van der Waals surface area contributed by atoms with Crippen LogP contribution in [0.1, 0.15) is 57.4 Å². The van der Waals surface area contributed by atoms with Gasteiger partial charge in [-0.05, 0) is 55.1 Å². The molecule has 2 atom stereocenters. The molecule has 0 radical (unpaired) electrons. The first-order chi connectivity index (χ1) is 8.98. The zero-order valence-corrected chi connectivity index (χ0v) is 12.0. The van der Waals surface area contributed by atoms with Gasteiger partial charge in [0, 0.05) is 0 Å². The van der Waals surface area contributed by atoms with Crippen LogP contribution in [0.5, 0.6) is 5.75 Å². The predicted octanol–water partition coefficient (Wildman–Crippen LogP) is 3.88. The van der Waals surface area contributed by atoms with Gasteiger partial charge in [-0.15, -0.1) is 0 Å². The number of aliphatic hydroxyl groups is 1. The Balaban J connectivity index is 1.78. The van der Waals surface area contributed by atoms with Crippen LogP contribution in [-0.4, -0.2) is 17.3 Å². The highest BCUT2D eigenvalue weighted by atomic mass is 16.5. The fourth-order valence-electron chi connectivity index (χ4n) is 3.90. The molecule has 0 saturated heterocycles. The van der Waals surface area contributed by atoms with Crippen molar-refractivity contribution >= 4 is 0 Å². The molecule has 1 aromatic rings. The highest BCUT2D eigenvalue weighted by molar-refractivity contribution is 5.38. The van der Waals surface area contributed by atoms with Gasteiger partial charge < -0.3 is 9.84 Å². The van der Waals surface area contributed by atoms with E-state index in [1.165, 1.54) is 5.56 Å². The summed E-state index contributed by atoms with van der Waals surface area (Å²) in [5.74, 6) is 1.46. The van der Waals surface area contributed by atoms with E-state index in [1.807, 2.05) is 12.1 Å². The molecule has 2 heteroatoms. The molecule has 2 nitrogen and oxygen atoms in total. The van der Waals surface area contributed by atoms with Crippen molar-refractivity contribution in [1.29, 1.82) is 0 Å². The molecule has 1 fully saturated rings. The number of hydrogen-bond donors (Lipinski definition) is 1. The smallest absolute Gasteiger partial charge is 0.122 e. The van der Waals surface area contributed by atoms with E-state index in [9.17, 15) is 5.11 Å². The van der Waals surface area contributed by atoms with Gasteiger partial charge in [0.2, 0.25) is 0 Å². The van der Waals surface area contributed by atoms with Crippen LogP contribution in [0.4, 0.5) is 0 Å². The highest BCUT2D eigenvalue weighted by Crippen LogP contribution is 2.49. The van der Waals surface area contributed by atoms with Crippen LogP contribution in [0.2, 0.25) is 0 Å². The Morgan fingerprint density at radius 3 is 2.79 bits per heavy atom. The first-order valence-corrected chi connectivity index (χ1v) is 7.42. The van der Waals surface area contributed by atoms with Crippen molar-refractivity contribution in [2.24, 2.45) is 5.41 Å². The third kappa shape index (κ3) is 2.64. The van der Waals surface area contributed by atoms with Crippen molar-refractivity contribution in [1.82, 2.24) is 0 Å². The lowest BCUT2D eigenvalue weighted by atomic mass is 9.80. The number of para-hydroxylation sites is 1. The Morgan fingerprint density at radius 1 is 1.26 bits per heavy atom. The normalized spacial score (nSPS) is 32.7. The minimum Gasteiger partial charge on any atom is -0.493 e. The SMILES string of the molecule is CC1(C)CCC(O)(CC2CCOc3ccccc32)C1. The van der Waals surface area contributed by atoms with Crippen molar-refractivity contribution in [3.05, 3.63) is 29.8 Å². The summed E-state index contributed by atoms with van der Waals surface area (Å²) >= 11 is 0. The van der Waals surface area contributed by atoms with Gasteiger partial charge in [-0.2, -0.15) is 0 Å². The highest BCUT2D eigenvalue weighted by Gasteiger charge is 2.43. The van der Waals surface area contributed by atoms with E-state index in [2.05, 4.69) is 26.0 Å². The molecule has 1 aliphatic carbocycles. The molecule has 1 aliphatic heterocycles. The van der Waals surface area contributed by atoms with Crippen molar-refractivity contribution in [2.45, 2.75) is 57.5 Å². The molecule has 3 rings (SSSR count). The summed E-state index contributed by atoms with van der Waals surface area (Å²) in [6.45, 7) is 5.31. The van der Waals surface area contributed by atoms with E-state index in [1.54, 1.807) is 0 Å². The lowest BCUT2D eigenvalue weighted by Crippen LogP contribution is -2.30. The van der Waals surface area contributed by atoms with Crippen molar-refractivity contribution in [3.8, 4) is 5.75 Å². The van der Waals surface area contributed by atoms with E-state index in [0.717, 1.165) is 44.5 Å². The van der Waals surface area contributed by atoms with Gasteiger partial charge in [-0.25, -0.2) is 0 Å². The van der Waals surface area contributed by atoms with Crippen LogP contribution in [-0.2, 0) is 0 Å². The number of ether oxygens (including phenoxy) is 1. The van der Waals surface area contributed by atoms with E-state index in [4.69, 9.17) is 4.74 Å². The van der Waals surface area contributed by atoms with Gasteiger partial charge in [-0.3, -0.25) is 0 Å². The fraction of sp³-hybridized carbons (Fsp3) is 0.647. The quantitative estimate of drug-likeness (QED) is 0.874. The van der Waals surface area contributed by atoms with E-state index < -0.39 is 5.60 Å². The van der Waals surface area contributed by atoms with Crippen LogP contribution in [0, 0.1) is 5.41 Å². The molecule has 0 bridgehead atoms. The topological polar surface area (TPSA) is 29.5 Å². The average molecular weight is 260 g/mol. The minimum absolute atomic E-state index is 0.291. The van der Waals surface area contributed by atoms with E-state index in [0.29, 0.717) is 11.3 Å². The molecule has 1 saturated carbocycles. The molecule has 0 spiro atoms. The minimum atomic E-state index is -0.474. The number of rotatable bonds is 2. The molecule has 2 unspecified atom stereocenters. The molecular weight excluding hydrogens is 236 g/mol. The zero-order chi connectivity index (χ0) is 13.5. The standard InChI is InChI=1S/C17H24O2/c1-16(2)8-9-17(18,12-16)11-13-7-10-19-15-6-4-3-5-14(13)15/h3-6,13,18H,7-12H2,1-2H3. The van der Waals surface area contributed by atoms with Gasteiger partial charge in [0.15, 0.2) is 0 Å². The summed E-state index contributed by atoms with van der Waals surface area (Å²) in [4.78, 5) is 0. The van der Waals surface area contributed by atoms with Gasteiger partial charge in [-0.1, -0.05) is 32.0 Å². The summed E-state index contributed by atoms with van der Waals surface area (Å²) < 4.78 is 5.71. The summed E-state index contributed by atoms with van der Waals surface area (Å²) in [7, 11) is 0. The zero-order valence-electron chi connectivity index (χ0n) is 12.0. The number of fused-ring (bicyclic) bond motifs is 1. The maximum absolute atomic E-state index is 10.9. The number of benzene rings is 1. The summed E-state index contributed by atoms with van der Waals surface area (Å²) in [5.41, 5.74) is 1.10. The third-order valence-corrected chi connectivity index (χ3v) is 4.78. The fourth-order valence-corrected chi connectivity index (χ4v) is 3.90. The van der Waals surface area contributed by atoms with Crippen molar-refractivity contribution in [3.63, 3.8) is 0 Å². The van der Waals surface area contributed by atoms with Gasteiger partial charge in [0.1, 0.15) is 5.75 Å². The van der Waals surface area contributed by atoms with Crippen molar-refractivity contribution < 1.29 is 9.84 Å².